The van der Waals surface area contributed by atoms with Crippen LogP contribution in [0.4, 0.5) is 16.5 Å². The minimum atomic E-state index is -0.520. The zero-order chi connectivity index (χ0) is 23.1. The fraction of sp³-hybridized carbons (Fsp3) is 0.200. The van der Waals surface area contributed by atoms with Crippen LogP contribution in [0.15, 0.2) is 58.6 Å². The van der Waals surface area contributed by atoms with Crippen LogP contribution in [0.25, 0.3) is 0 Å². The van der Waals surface area contributed by atoms with Crippen molar-refractivity contribution in [2.24, 2.45) is 0 Å². The molecule has 0 aliphatic rings. The van der Waals surface area contributed by atoms with Crippen molar-refractivity contribution < 1.29 is 14.5 Å². The van der Waals surface area contributed by atoms with Crippen LogP contribution in [-0.4, -0.2) is 37.1 Å². The molecule has 0 fully saturated rings. The zero-order valence-electron chi connectivity index (χ0n) is 17.1. The molecule has 166 valence electrons. The predicted octanol–water partition coefficient (Wildman–Crippen LogP) is 4.93. The van der Waals surface area contributed by atoms with E-state index in [9.17, 15) is 19.7 Å². The lowest BCUT2D eigenvalue weighted by Crippen LogP contribution is -2.22. The molecule has 1 atom stereocenters. The molecule has 1 aromatic heterocycles. The van der Waals surface area contributed by atoms with Crippen LogP contribution in [0, 0.1) is 10.1 Å². The van der Waals surface area contributed by atoms with Gasteiger partial charge in [-0.15, -0.1) is 11.8 Å². The fourth-order valence-corrected chi connectivity index (χ4v) is 4.70. The Bertz CT molecular complexity index is 1120. The Balaban J connectivity index is 1.59. The number of amides is 2. The lowest BCUT2D eigenvalue weighted by atomic mass is 10.2. The van der Waals surface area contributed by atoms with E-state index in [-0.39, 0.29) is 17.5 Å². The van der Waals surface area contributed by atoms with Crippen LogP contribution < -0.4 is 10.6 Å². The molecule has 0 aliphatic heterocycles. The number of carbonyl (C=O) groups excluding carboxylic acids is 2. The van der Waals surface area contributed by atoms with Crippen molar-refractivity contribution >= 4 is 63.4 Å². The van der Waals surface area contributed by atoms with Crippen LogP contribution >= 0.6 is 35.1 Å². The van der Waals surface area contributed by atoms with Crippen LogP contribution in [0.2, 0.25) is 0 Å². The highest BCUT2D eigenvalue weighted by Crippen LogP contribution is 2.27. The molecule has 0 radical (unpaired) electrons. The third-order valence-corrected chi connectivity index (χ3v) is 6.59. The molecule has 0 bridgehead atoms. The first-order valence-corrected chi connectivity index (χ1v) is 12.1. The second-order valence-electron chi connectivity index (χ2n) is 6.35. The molecule has 1 heterocycles. The van der Waals surface area contributed by atoms with Gasteiger partial charge in [-0.3, -0.25) is 25.0 Å². The number of nitrogens with one attached hydrogen (secondary N) is 2. The van der Waals surface area contributed by atoms with Gasteiger partial charge in [-0.2, -0.15) is 9.36 Å². The predicted molar refractivity (Wildman–Crippen MR) is 128 cm³/mol. The highest BCUT2D eigenvalue weighted by Gasteiger charge is 2.17. The number of rotatable bonds is 9. The normalized spacial score (nSPS) is 11.6. The average Bonchev–Trinajstić information content (AvgIpc) is 3.21. The molecule has 2 aromatic carbocycles. The Morgan fingerprint density at radius 1 is 1.19 bits per heavy atom. The van der Waals surface area contributed by atoms with E-state index in [0.29, 0.717) is 21.5 Å². The van der Waals surface area contributed by atoms with Crippen molar-refractivity contribution in [2.75, 3.05) is 16.4 Å². The van der Waals surface area contributed by atoms with Crippen LogP contribution in [0.3, 0.4) is 0 Å². The summed E-state index contributed by atoms with van der Waals surface area (Å²) in [5.41, 5.74) is 0.775. The number of anilines is 2. The number of carbonyl (C=O) groups is 2. The van der Waals surface area contributed by atoms with E-state index in [4.69, 9.17) is 0 Å². The zero-order valence-corrected chi connectivity index (χ0v) is 19.6. The summed E-state index contributed by atoms with van der Waals surface area (Å²) in [6, 6.07) is 12.5. The minimum Gasteiger partial charge on any atom is -0.322 e. The molecule has 12 heteroatoms. The first-order valence-electron chi connectivity index (χ1n) is 9.45. The number of nitro groups is 1. The molecule has 0 aliphatic carbocycles. The summed E-state index contributed by atoms with van der Waals surface area (Å²) in [7, 11) is 0. The molecule has 1 unspecified atom stereocenters. The van der Waals surface area contributed by atoms with Gasteiger partial charge in [0.05, 0.1) is 10.2 Å². The van der Waals surface area contributed by atoms with Crippen molar-refractivity contribution in [3.63, 3.8) is 0 Å². The second kappa shape index (κ2) is 11.1. The standard InChI is InChI=1S/C20H19N5O4S3/c1-3-30-20-23-19(32-24-20)22-17(26)12(2)31-16-6-4-5-14(11-16)21-18(27)13-7-9-15(10-8-13)25(28)29/h4-12H,3H2,1-2H3,(H,21,27)(H,22,23,24,26). The van der Waals surface area contributed by atoms with Crippen molar-refractivity contribution in [1.82, 2.24) is 9.36 Å². The Morgan fingerprint density at radius 3 is 2.62 bits per heavy atom. The highest BCUT2D eigenvalue weighted by molar-refractivity contribution is 8.00. The van der Waals surface area contributed by atoms with E-state index in [2.05, 4.69) is 20.0 Å². The molecule has 2 N–H and O–H groups in total. The van der Waals surface area contributed by atoms with Gasteiger partial charge in [0.25, 0.3) is 11.6 Å². The molecule has 9 nitrogen and oxygen atoms in total. The molecule has 0 spiro atoms. The summed E-state index contributed by atoms with van der Waals surface area (Å²) < 4.78 is 4.18. The maximum Gasteiger partial charge on any atom is 0.269 e. The van der Waals surface area contributed by atoms with Gasteiger partial charge in [-0.05, 0) is 43.0 Å². The minimum absolute atomic E-state index is 0.0823. The summed E-state index contributed by atoms with van der Waals surface area (Å²) in [6.07, 6.45) is 0. The number of nitrogens with zero attached hydrogens (tertiary/aromatic N) is 3. The number of nitro benzene ring substituents is 1. The van der Waals surface area contributed by atoms with E-state index >= 15 is 0 Å². The van der Waals surface area contributed by atoms with E-state index in [1.54, 1.807) is 25.1 Å². The summed E-state index contributed by atoms with van der Waals surface area (Å²) in [5, 5.41) is 17.0. The van der Waals surface area contributed by atoms with E-state index in [1.807, 2.05) is 13.0 Å². The largest absolute Gasteiger partial charge is 0.322 e. The SMILES string of the molecule is CCSc1nsc(NC(=O)C(C)Sc2cccc(NC(=O)c3ccc([N+](=O)[O-])cc3)c2)n1. The molecule has 32 heavy (non-hydrogen) atoms. The van der Waals surface area contributed by atoms with Gasteiger partial charge in [0.1, 0.15) is 0 Å². The Labute approximate surface area is 196 Å². The van der Waals surface area contributed by atoms with Gasteiger partial charge in [0, 0.05) is 39.8 Å². The first kappa shape index (κ1) is 23.7. The third-order valence-electron chi connectivity index (χ3n) is 4.03. The van der Waals surface area contributed by atoms with Gasteiger partial charge < -0.3 is 5.32 Å². The topological polar surface area (TPSA) is 127 Å². The number of thioether (sulfide) groups is 2. The molecular weight excluding hydrogens is 470 g/mol. The average molecular weight is 490 g/mol. The molecule has 3 aromatic rings. The van der Waals surface area contributed by atoms with Crippen molar-refractivity contribution in [2.45, 2.75) is 29.1 Å². The maximum absolute atomic E-state index is 12.5. The van der Waals surface area contributed by atoms with Crippen LogP contribution in [0.5, 0.6) is 0 Å². The Kier molecular flexibility index (Phi) is 8.20. The molecule has 2 amide bonds. The number of hydrogen-bond acceptors (Lipinski definition) is 9. The lowest BCUT2D eigenvalue weighted by molar-refractivity contribution is -0.384. The van der Waals surface area contributed by atoms with Gasteiger partial charge in [-0.1, -0.05) is 24.8 Å². The van der Waals surface area contributed by atoms with E-state index in [1.165, 1.54) is 47.8 Å². The summed E-state index contributed by atoms with van der Waals surface area (Å²) in [5.74, 6) is 0.275. The van der Waals surface area contributed by atoms with E-state index in [0.717, 1.165) is 22.2 Å². The van der Waals surface area contributed by atoms with Crippen LogP contribution in [-0.2, 0) is 4.79 Å². The van der Waals surface area contributed by atoms with Gasteiger partial charge in [0.2, 0.25) is 16.2 Å². The molecule has 0 saturated carbocycles. The second-order valence-corrected chi connectivity index (χ2v) is 9.75. The van der Waals surface area contributed by atoms with Crippen molar-refractivity contribution in [3.05, 3.63) is 64.2 Å². The summed E-state index contributed by atoms with van der Waals surface area (Å²) in [4.78, 5) is 40.2. The monoisotopic (exact) mass is 489 g/mol. The van der Waals surface area contributed by atoms with Crippen molar-refractivity contribution in [1.29, 1.82) is 0 Å². The number of aromatic nitrogens is 2. The Hall–Kier alpha value is -2.96. The Morgan fingerprint density at radius 2 is 1.94 bits per heavy atom. The molecule has 3 rings (SSSR count). The van der Waals surface area contributed by atoms with E-state index < -0.39 is 10.2 Å². The number of non-ortho nitro benzene ring substituents is 1. The van der Waals surface area contributed by atoms with Gasteiger partial charge in [0.15, 0.2) is 0 Å². The smallest absolute Gasteiger partial charge is 0.269 e. The highest BCUT2D eigenvalue weighted by atomic mass is 32.2. The molecule has 0 saturated heterocycles. The van der Waals surface area contributed by atoms with Gasteiger partial charge >= 0.3 is 0 Å². The van der Waals surface area contributed by atoms with Gasteiger partial charge in [-0.25, -0.2) is 0 Å². The van der Waals surface area contributed by atoms with Crippen LogP contribution in [0.1, 0.15) is 24.2 Å². The summed E-state index contributed by atoms with van der Waals surface area (Å²) >= 11 is 3.99. The third kappa shape index (κ3) is 6.52. The molecular formula is C20H19N5O4S3. The number of hydrogen-bond donors (Lipinski definition) is 2. The lowest BCUT2D eigenvalue weighted by Gasteiger charge is -2.12. The first-order chi connectivity index (χ1) is 15.4. The maximum atomic E-state index is 12.5. The fourth-order valence-electron chi connectivity index (χ4n) is 2.50. The summed E-state index contributed by atoms with van der Waals surface area (Å²) in [6.45, 7) is 3.79. The quantitative estimate of drug-likeness (QED) is 0.246. The number of benzene rings is 2. The van der Waals surface area contributed by atoms with Crippen molar-refractivity contribution in [3.8, 4) is 0 Å².